The van der Waals surface area contributed by atoms with Crippen molar-refractivity contribution in [3.8, 4) is 0 Å². The van der Waals surface area contributed by atoms with E-state index in [4.69, 9.17) is 11.6 Å². The van der Waals surface area contributed by atoms with Crippen LogP contribution in [0.5, 0.6) is 0 Å². The number of anilines is 1. The molecule has 0 unspecified atom stereocenters. The Bertz CT molecular complexity index is 1410. The first-order valence-corrected chi connectivity index (χ1v) is 16.0. The lowest BCUT2D eigenvalue weighted by atomic mass is 9.95. The lowest BCUT2D eigenvalue weighted by molar-refractivity contribution is -0.140. The molecule has 2 amide bonds. The van der Waals surface area contributed by atoms with Gasteiger partial charge < -0.3 is 10.2 Å². The van der Waals surface area contributed by atoms with Gasteiger partial charge in [0, 0.05) is 17.6 Å². The molecule has 1 saturated carbocycles. The van der Waals surface area contributed by atoms with E-state index in [0.29, 0.717) is 17.1 Å². The van der Waals surface area contributed by atoms with E-state index in [1.54, 1.807) is 36.4 Å². The van der Waals surface area contributed by atoms with Gasteiger partial charge in [-0.15, -0.1) is 0 Å². The van der Waals surface area contributed by atoms with E-state index < -0.39 is 28.5 Å². The second-order valence-corrected chi connectivity index (χ2v) is 12.9. The van der Waals surface area contributed by atoms with Crippen LogP contribution in [0.3, 0.4) is 0 Å². The predicted molar refractivity (Wildman–Crippen MR) is 163 cm³/mol. The minimum Gasteiger partial charge on any atom is -0.352 e. The van der Waals surface area contributed by atoms with Crippen molar-refractivity contribution in [2.24, 2.45) is 0 Å². The molecule has 41 heavy (non-hydrogen) atoms. The molecule has 1 atom stereocenters. The van der Waals surface area contributed by atoms with Crippen LogP contribution >= 0.6 is 11.6 Å². The molecule has 0 spiro atoms. The van der Waals surface area contributed by atoms with Crippen LogP contribution in [0.15, 0.2) is 83.8 Å². The van der Waals surface area contributed by atoms with E-state index >= 15 is 0 Å². The van der Waals surface area contributed by atoms with Gasteiger partial charge in [-0.05, 0) is 68.1 Å². The zero-order valence-electron chi connectivity index (χ0n) is 23.6. The maximum absolute atomic E-state index is 14.1. The second kappa shape index (κ2) is 14.0. The number of nitrogens with one attached hydrogen (secondary N) is 1. The molecule has 7 nitrogen and oxygen atoms in total. The summed E-state index contributed by atoms with van der Waals surface area (Å²) in [6.07, 6.45) is 5.55. The highest BCUT2D eigenvalue weighted by molar-refractivity contribution is 7.92. The van der Waals surface area contributed by atoms with Crippen LogP contribution in [0, 0.1) is 6.92 Å². The average Bonchev–Trinajstić information content (AvgIpc) is 2.97. The minimum atomic E-state index is -4.12. The molecule has 0 radical (unpaired) electrons. The number of sulfonamides is 1. The number of nitrogens with zero attached hydrogens (tertiary/aromatic N) is 2. The van der Waals surface area contributed by atoms with Gasteiger partial charge in [0.1, 0.15) is 12.6 Å². The van der Waals surface area contributed by atoms with Crippen LogP contribution in [-0.2, 0) is 26.2 Å². The van der Waals surface area contributed by atoms with Gasteiger partial charge in [0.05, 0.1) is 10.6 Å². The summed E-state index contributed by atoms with van der Waals surface area (Å²) in [7, 11) is -4.12. The second-order valence-electron chi connectivity index (χ2n) is 10.6. The molecule has 0 saturated heterocycles. The minimum absolute atomic E-state index is 0.0718. The number of amides is 2. The maximum Gasteiger partial charge on any atom is 0.264 e. The fraction of sp³-hybridized carbons (Fsp3) is 0.375. The van der Waals surface area contributed by atoms with E-state index in [1.165, 1.54) is 17.0 Å². The van der Waals surface area contributed by atoms with Crippen LogP contribution in [0.1, 0.15) is 56.6 Å². The van der Waals surface area contributed by atoms with Gasteiger partial charge in [-0.25, -0.2) is 8.42 Å². The Morgan fingerprint density at radius 1 is 0.927 bits per heavy atom. The summed E-state index contributed by atoms with van der Waals surface area (Å²) < 4.78 is 28.9. The van der Waals surface area contributed by atoms with Crippen molar-refractivity contribution in [1.29, 1.82) is 0 Å². The third kappa shape index (κ3) is 7.89. The zero-order valence-corrected chi connectivity index (χ0v) is 25.2. The van der Waals surface area contributed by atoms with Crippen LogP contribution in [0.2, 0.25) is 5.02 Å². The van der Waals surface area contributed by atoms with Crippen molar-refractivity contribution >= 4 is 39.1 Å². The van der Waals surface area contributed by atoms with Crippen molar-refractivity contribution in [3.05, 3.63) is 95.0 Å². The monoisotopic (exact) mass is 595 g/mol. The largest absolute Gasteiger partial charge is 0.352 e. The van der Waals surface area contributed by atoms with Gasteiger partial charge in [-0.3, -0.25) is 13.9 Å². The van der Waals surface area contributed by atoms with Gasteiger partial charge in [0.2, 0.25) is 11.8 Å². The Kier molecular flexibility index (Phi) is 10.5. The first-order valence-electron chi connectivity index (χ1n) is 14.2. The fourth-order valence-electron chi connectivity index (χ4n) is 5.22. The predicted octanol–water partition coefficient (Wildman–Crippen LogP) is 6.10. The quantitative estimate of drug-likeness (QED) is 0.290. The number of carbonyl (C=O) groups is 2. The first kappa shape index (κ1) is 30.6. The van der Waals surface area contributed by atoms with Crippen molar-refractivity contribution < 1.29 is 18.0 Å². The third-order valence-corrected chi connectivity index (χ3v) is 9.58. The van der Waals surface area contributed by atoms with Crippen LogP contribution < -0.4 is 9.62 Å². The Labute approximate surface area is 248 Å². The molecule has 1 aliphatic rings. The van der Waals surface area contributed by atoms with E-state index in [2.05, 4.69) is 5.32 Å². The fourth-order valence-corrected chi connectivity index (χ4v) is 6.76. The average molecular weight is 596 g/mol. The summed E-state index contributed by atoms with van der Waals surface area (Å²) in [6, 6.07) is 21.6. The summed E-state index contributed by atoms with van der Waals surface area (Å²) in [5.41, 5.74) is 2.08. The Morgan fingerprint density at radius 2 is 1.56 bits per heavy atom. The molecule has 1 aliphatic carbocycles. The summed E-state index contributed by atoms with van der Waals surface area (Å²) in [5, 5.41) is 3.61. The lowest BCUT2D eigenvalue weighted by Crippen LogP contribution is -2.54. The molecule has 3 aromatic rings. The smallest absolute Gasteiger partial charge is 0.264 e. The molecular weight excluding hydrogens is 558 g/mol. The highest BCUT2D eigenvalue weighted by atomic mass is 35.5. The Hall–Kier alpha value is -3.36. The summed E-state index contributed by atoms with van der Waals surface area (Å²) in [4.78, 5) is 29.3. The molecule has 0 heterocycles. The Morgan fingerprint density at radius 3 is 2.17 bits per heavy atom. The first-order chi connectivity index (χ1) is 19.7. The Balaban J connectivity index is 1.68. The number of rotatable bonds is 11. The summed E-state index contributed by atoms with van der Waals surface area (Å²) in [6.45, 7) is 3.45. The molecule has 9 heteroatoms. The molecule has 0 aromatic heterocycles. The molecule has 3 aromatic carbocycles. The standard InChI is InChI=1S/C32H38ClN3O4S/c1-3-30(32(38)34-27-12-8-5-9-13-27)35(22-25-10-6-4-7-11-25)31(37)23-36(28-18-16-26(33)17-19-28)41(39,40)29-20-14-24(2)15-21-29/h4,6-7,10-11,14-21,27,30H,3,5,8-9,12-13,22-23H2,1-2H3,(H,34,38)/t30-/m0/s1. The van der Waals surface area contributed by atoms with Gasteiger partial charge >= 0.3 is 0 Å². The van der Waals surface area contributed by atoms with E-state index in [-0.39, 0.29) is 23.4 Å². The normalized spacial score (nSPS) is 14.7. The van der Waals surface area contributed by atoms with Crippen molar-refractivity contribution in [2.75, 3.05) is 10.8 Å². The number of carbonyl (C=O) groups excluding carboxylic acids is 2. The number of benzene rings is 3. The van der Waals surface area contributed by atoms with Crippen molar-refractivity contribution in [3.63, 3.8) is 0 Å². The molecule has 1 fully saturated rings. The third-order valence-electron chi connectivity index (χ3n) is 7.54. The van der Waals surface area contributed by atoms with Crippen molar-refractivity contribution in [2.45, 2.75) is 75.9 Å². The van der Waals surface area contributed by atoms with Crippen LogP contribution in [0.25, 0.3) is 0 Å². The summed E-state index contributed by atoms with van der Waals surface area (Å²) in [5.74, 6) is -0.673. The zero-order chi connectivity index (χ0) is 29.4. The molecular formula is C32H38ClN3O4S. The highest BCUT2D eigenvalue weighted by Gasteiger charge is 2.34. The SMILES string of the molecule is CC[C@@H](C(=O)NC1CCCCC1)N(Cc1ccccc1)C(=O)CN(c1ccc(Cl)cc1)S(=O)(=O)c1ccc(C)cc1. The molecule has 1 N–H and O–H groups in total. The number of aryl methyl sites for hydroxylation is 1. The molecule has 218 valence electrons. The maximum atomic E-state index is 14.1. The van der Waals surface area contributed by atoms with Crippen molar-refractivity contribution in [1.82, 2.24) is 10.2 Å². The number of hydrogen-bond acceptors (Lipinski definition) is 4. The highest BCUT2D eigenvalue weighted by Crippen LogP contribution is 2.27. The van der Waals surface area contributed by atoms with Crippen LogP contribution in [-0.4, -0.2) is 43.8 Å². The van der Waals surface area contributed by atoms with E-state index in [0.717, 1.165) is 47.5 Å². The molecule has 0 bridgehead atoms. The van der Waals surface area contributed by atoms with Gasteiger partial charge in [0.15, 0.2) is 0 Å². The van der Waals surface area contributed by atoms with E-state index in [9.17, 15) is 18.0 Å². The number of hydrogen-bond donors (Lipinski definition) is 1. The van der Waals surface area contributed by atoms with Gasteiger partial charge in [-0.2, -0.15) is 0 Å². The topological polar surface area (TPSA) is 86.8 Å². The lowest BCUT2D eigenvalue weighted by Gasteiger charge is -2.34. The van der Waals surface area contributed by atoms with Gasteiger partial charge in [-0.1, -0.05) is 85.8 Å². The van der Waals surface area contributed by atoms with E-state index in [1.807, 2.05) is 44.2 Å². The summed E-state index contributed by atoms with van der Waals surface area (Å²) >= 11 is 6.10. The molecule has 0 aliphatic heterocycles. The van der Waals surface area contributed by atoms with Crippen LogP contribution in [0.4, 0.5) is 5.69 Å². The molecule has 4 rings (SSSR count). The van der Waals surface area contributed by atoms with Gasteiger partial charge in [0.25, 0.3) is 10.0 Å². The number of halogens is 1.